The van der Waals surface area contributed by atoms with Crippen LogP contribution in [-0.4, -0.2) is 16.5 Å². The summed E-state index contributed by atoms with van der Waals surface area (Å²) in [5.74, 6) is 2.35. The second-order valence-electron chi connectivity index (χ2n) is 6.16. The zero-order valence-electron chi connectivity index (χ0n) is 12.4. The molecule has 0 atom stereocenters. The molecule has 0 saturated heterocycles. The van der Waals surface area contributed by atoms with Crippen LogP contribution in [0.1, 0.15) is 69.7 Å². The van der Waals surface area contributed by atoms with Crippen molar-refractivity contribution >= 4 is 0 Å². The first kappa shape index (κ1) is 14.4. The number of hydrogen-bond acceptors (Lipinski definition) is 3. The number of nitrogens with zero attached hydrogens (tertiary/aromatic N) is 2. The van der Waals surface area contributed by atoms with Crippen molar-refractivity contribution in [2.24, 2.45) is 5.92 Å². The van der Waals surface area contributed by atoms with Gasteiger partial charge >= 0.3 is 0 Å². The third-order valence-electron chi connectivity index (χ3n) is 3.83. The minimum Gasteiger partial charge on any atom is -0.312 e. The quantitative estimate of drug-likeness (QED) is 0.822. The minimum absolute atomic E-state index is 0.597. The molecule has 1 aliphatic rings. The standard InChI is InChI=1S/C16H27N3/c1-13(2)9-17-10-14-11-18-16(19-12-14)15-7-5-3-4-6-8-15/h11-13,15,17H,3-10H2,1-2H3. The normalized spacial score (nSPS) is 17.6. The van der Waals surface area contributed by atoms with Gasteiger partial charge in [-0.1, -0.05) is 39.5 Å². The van der Waals surface area contributed by atoms with Gasteiger partial charge in [-0.05, 0) is 25.3 Å². The van der Waals surface area contributed by atoms with Crippen LogP contribution in [-0.2, 0) is 6.54 Å². The highest BCUT2D eigenvalue weighted by atomic mass is 14.9. The first-order valence-electron chi connectivity index (χ1n) is 7.77. The average molecular weight is 261 g/mol. The Labute approximate surface area is 117 Å². The second kappa shape index (κ2) is 7.59. The molecule has 3 heteroatoms. The molecular weight excluding hydrogens is 234 g/mol. The van der Waals surface area contributed by atoms with Gasteiger partial charge in [0.05, 0.1) is 0 Å². The summed E-state index contributed by atoms with van der Waals surface area (Å²) in [5, 5.41) is 3.43. The molecule has 0 radical (unpaired) electrons. The molecule has 1 fully saturated rings. The Hall–Kier alpha value is -0.960. The lowest BCUT2D eigenvalue weighted by molar-refractivity contribution is 0.544. The van der Waals surface area contributed by atoms with Crippen LogP contribution in [0.2, 0.25) is 0 Å². The molecule has 0 unspecified atom stereocenters. The monoisotopic (exact) mass is 261 g/mol. The predicted octanol–water partition coefficient (Wildman–Crippen LogP) is 3.66. The molecule has 106 valence electrons. The van der Waals surface area contributed by atoms with Gasteiger partial charge in [-0.25, -0.2) is 9.97 Å². The fraction of sp³-hybridized carbons (Fsp3) is 0.750. The van der Waals surface area contributed by atoms with Crippen LogP contribution in [0.5, 0.6) is 0 Å². The Kier molecular flexibility index (Phi) is 5.77. The van der Waals surface area contributed by atoms with Crippen molar-refractivity contribution in [3.63, 3.8) is 0 Å². The number of aromatic nitrogens is 2. The van der Waals surface area contributed by atoms with E-state index in [1.54, 1.807) is 0 Å². The van der Waals surface area contributed by atoms with Crippen LogP contribution in [0, 0.1) is 5.92 Å². The van der Waals surface area contributed by atoms with E-state index in [9.17, 15) is 0 Å². The van der Waals surface area contributed by atoms with Gasteiger partial charge in [0.25, 0.3) is 0 Å². The van der Waals surface area contributed by atoms with Crippen LogP contribution in [0.15, 0.2) is 12.4 Å². The van der Waals surface area contributed by atoms with Gasteiger partial charge in [-0.15, -0.1) is 0 Å². The van der Waals surface area contributed by atoms with E-state index in [-0.39, 0.29) is 0 Å². The third-order valence-corrected chi connectivity index (χ3v) is 3.83. The van der Waals surface area contributed by atoms with E-state index in [0.29, 0.717) is 11.8 Å². The lowest BCUT2D eigenvalue weighted by Gasteiger charge is -2.13. The maximum absolute atomic E-state index is 4.59. The molecular formula is C16H27N3. The third kappa shape index (κ3) is 4.90. The Morgan fingerprint density at radius 3 is 2.32 bits per heavy atom. The van der Waals surface area contributed by atoms with Crippen LogP contribution in [0.25, 0.3) is 0 Å². The lowest BCUT2D eigenvalue weighted by Crippen LogP contribution is -2.19. The van der Waals surface area contributed by atoms with E-state index >= 15 is 0 Å². The summed E-state index contributed by atoms with van der Waals surface area (Å²) in [7, 11) is 0. The van der Waals surface area contributed by atoms with Crippen LogP contribution < -0.4 is 5.32 Å². The Bertz CT molecular complexity index is 351. The van der Waals surface area contributed by atoms with Crippen molar-refractivity contribution in [1.82, 2.24) is 15.3 Å². The highest BCUT2D eigenvalue weighted by molar-refractivity contribution is 5.07. The Morgan fingerprint density at radius 1 is 1.11 bits per heavy atom. The topological polar surface area (TPSA) is 37.8 Å². The van der Waals surface area contributed by atoms with Crippen molar-refractivity contribution in [2.45, 2.75) is 64.8 Å². The molecule has 0 aromatic carbocycles. The van der Waals surface area contributed by atoms with Crippen molar-refractivity contribution in [3.05, 3.63) is 23.8 Å². The predicted molar refractivity (Wildman–Crippen MR) is 79.0 cm³/mol. The van der Waals surface area contributed by atoms with Gasteiger partial charge in [0.1, 0.15) is 5.82 Å². The SMILES string of the molecule is CC(C)CNCc1cnc(C2CCCCCC2)nc1. The van der Waals surface area contributed by atoms with E-state index in [4.69, 9.17) is 0 Å². The van der Waals surface area contributed by atoms with Crippen molar-refractivity contribution in [2.75, 3.05) is 6.54 Å². The summed E-state index contributed by atoms with van der Waals surface area (Å²) >= 11 is 0. The molecule has 0 bridgehead atoms. The van der Waals surface area contributed by atoms with E-state index in [1.165, 1.54) is 44.1 Å². The molecule has 3 nitrogen and oxygen atoms in total. The molecule has 1 heterocycles. The van der Waals surface area contributed by atoms with Gasteiger partial charge in [-0.3, -0.25) is 0 Å². The summed E-state index contributed by atoms with van der Waals surface area (Å²) in [4.78, 5) is 9.18. The summed E-state index contributed by atoms with van der Waals surface area (Å²) < 4.78 is 0. The molecule has 1 aromatic rings. The molecule has 0 amide bonds. The number of rotatable bonds is 5. The highest BCUT2D eigenvalue weighted by Crippen LogP contribution is 2.29. The maximum atomic E-state index is 4.59. The largest absolute Gasteiger partial charge is 0.312 e. The summed E-state index contributed by atoms with van der Waals surface area (Å²) in [6.07, 6.45) is 12.0. The molecule has 0 aliphatic heterocycles. The van der Waals surface area contributed by atoms with Crippen LogP contribution in [0.3, 0.4) is 0 Å². The van der Waals surface area contributed by atoms with Crippen molar-refractivity contribution in [3.8, 4) is 0 Å². The second-order valence-corrected chi connectivity index (χ2v) is 6.16. The van der Waals surface area contributed by atoms with Crippen molar-refractivity contribution < 1.29 is 0 Å². The van der Waals surface area contributed by atoms with Gasteiger partial charge in [0.15, 0.2) is 0 Å². The first-order valence-corrected chi connectivity index (χ1v) is 7.77. The first-order chi connectivity index (χ1) is 9.25. The van der Waals surface area contributed by atoms with Crippen LogP contribution >= 0.6 is 0 Å². The van der Waals surface area contributed by atoms with Gasteiger partial charge < -0.3 is 5.32 Å². The Balaban J connectivity index is 1.86. The smallest absolute Gasteiger partial charge is 0.131 e. The van der Waals surface area contributed by atoms with E-state index in [2.05, 4.69) is 29.1 Å². The molecule has 2 rings (SSSR count). The molecule has 1 N–H and O–H groups in total. The molecule has 1 saturated carbocycles. The molecule has 19 heavy (non-hydrogen) atoms. The van der Waals surface area contributed by atoms with E-state index < -0.39 is 0 Å². The molecule has 1 aliphatic carbocycles. The highest BCUT2D eigenvalue weighted by Gasteiger charge is 2.16. The minimum atomic E-state index is 0.597. The summed E-state index contributed by atoms with van der Waals surface area (Å²) in [6.45, 7) is 6.37. The van der Waals surface area contributed by atoms with Gasteiger partial charge in [0, 0.05) is 30.4 Å². The number of hydrogen-bond donors (Lipinski definition) is 1. The summed E-state index contributed by atoms with van der Waals surface area (Å²) in [6, 6.07) is 0. The van der Waals surface area contributed by atoms with Crippen molar-refractivity contribution in [1.29, 1.82) is 0 Å². The Morgan fingerprint density at radius 2 is 1.74 bits per heavy atom. The van der Waals surface area contributed by atoms with E-state index in [1.807, 2.05) is 12.4 Å². The zero-order valence-corrected chi connectivity index (χ0v) is 12.4. The van der Waals surface area contributed by atoms with E-state index in [0.717, 1.165) is 18.9 Å². The maximum Gasteiger partial charge on any atom is 0.131 e. The number of nitrogens with one attached hydrogen (secondary N) is 1. The fourth-order valence-corrected chi connectivity index (χ4v) is 2.71. The molecule has 1 aromatic heterocycles. The average Bonchev–Trinajstić information content (AvgIpc) is 2.68. The zero-order chi connectivity index (χ0) is 13.5. The summed E-state index contributed by atoms with van der Waals surface area (Å²) in [5.41, 5.74) is 1.19. The lowest BCUT2D eigenvalue weighted by atomic mass is 9.99. The fourth-order valence-electron chi connectivity index (χ4n) is 2.71. The van der Waals surface area contributed by atoms with Crippen LogP contribution in [0.4, 0.5) is 0 Å². The van der Waals surface area contributed by atoms with Gasteiger partial charge in [0.2, 0.25) is 0 Å². The van der Waals surface area contributed by atoms with Gasteiger partial charge in [-0.2, -0.15) is 0 Å². The molecule has 0 spiro atoms.